The van der Waals surface area contributed by atoms with Gasteiger partial charge in [0.1, 0.15) is 0 Å². The highest BCUT2D eigenvalue weighted by atomic mass is 16.5. The Hall–Kier alpha value is -1.12. The van der Waals surface area contributed by atoms with Crippen LogP contribution < -0.4 is 0 Å². The van der Waals surface area contributed by atoms with Crippen molar-refractivity contribution >= 4 is 11.8 Å². The summed E-state index contributed by atoms with van der Waals surface area (Å²) < 4.78 is 5.12. The van der Waals surface area contributed by atoms with Gasteiger partial charge in [0, 0.05) is 11.8 Å². The van der Waals surface area contributed by atoms with Gasteiger partial charge in [-0.25, -0.2) is 0 Å². The number of allylic oxidation sites excluding steroid dienone is 1. The Kier molecular flexibility index (Phi) is 2.00. The molecule has 0 spiro atoms. The Morgan fingerprint density at radius 1 is 1.38 bits per heavy atom. The number of carbonyl (C=O) groups is 2. The molecular formula is C13H16O3. The molecule has 0 aromatic carbocycles. The van der Waals surface area contributed by atoms with Crippen molar-refractivity contribution in [3.8, 4) is 0 Å². The van der Waals surface area contributed by atoms with Crippen molar-refractivity contribution in [2.24, 2.45) is 29.6 Å². The van der Waals surface area contributed by atoms with E-state index in [1.54, 1.807) is 6.92 Å². The van der Waals surface area contributed by atoms with E-state index in [0.717, 1.165) is 12.8 Å². The number of hydrogen-bond donors (Lipinski definition) is 0. The van der Waals surface area contributed by atoms with Gasteiger partial charge < -0.3 is 4.74 Å². The van der Waals surface area contributed by atoms with Crippen molar-refractivity contribution in [2.75, 3.05) is 6.61 Å². The van der Waals surface area contributed by atoms with Crippen LogP contribution in [0.15, 0.2) is 12.2 Å². The van der Waals surface area contributed by atoms with Crippen molar-refractivity contribution in [1.82, 2.24) is 0 Å². The molecule has 5 atom stereocenters. The van der Waals surface area contributed by atoms with Gasteiger partial charge in [-0.3, -0.25) is 9.59 Å². The molecule has 3 fully saturated rings. The van der Waals surface area contributed by atoms with Crippen LogP contribution in [-0.4, -0.2) is 18.4 Å². The van der Waals surface area contributed by atoms with Crippen LogP contribution in [0.25, 0.3) is 0 Å². The fraction of sp³-hybridized carbons (Fsp3) is 0.692. The van der Waals surface area contributed by atoms with E-state index in [-0.39, 0.29) is 29.5 Å². The van der Waals surface area contributed by atoms with Crippen LogP contribution in [0, 0.1) is 29.6 Å². The molecule has 1 aliphatic heterocycles. The maximum absolute atomic E-state index is 12.0. The van der Waals surface area contributed by atoms with Crippen molar-refractivity contribution < 1.29 is 14.3 Å². The zero-order valence-electron chi connectivity index (χ0n) is 9.44. The third kappa shape index (κ3) is 1.14. The molecule has 3 nitrogen and oxygen atoms in total. The van der Waals surface area contributed by atoms with Crippen molar-refractivity contribution in [1.29, 1.82) is 0 Å². The number of ketones is 1. The lowest BCUT2D eigenvalue weighted by Gasteiger charge is -2.27. The molecule has 0 amide bonds. The second-order valence-electron chi connectivity index (χ2n) is 5.47. The van der Waals surface area contributed by atoms with Crippen LogP contribution in [0.1, 0.15) is 19.8 Å². The van der Waals surface area contributed by atoms with Gasteiger partial charge in [-0.1, -0.05) is 6.58 Å². The van der Waals surface area contributed by atoms with E-state index >= 15 is 0 Å². The number of ether oxygens (including phenoxy) is 1. The van der Waals surface area contributed by atoms with Crippen LogP contribution in [-0.2, 0) is 14.3 Å². The number of rotatable bonds is 2. The van der Waals surface area contributed by atoms with Crippen LogP contribution in [0.3, 0.4) is 0 Å². The molecule has 3 aliphatic rings. The molecule has 0 radical (unpaired) electrons. The molecular weight excluding hydrogens is 204 g/mol. The molecule has 1 saturated heterocycles. The summed E-state index contributed by atoms with van der Waals surface area (Å²) in [6.45, 7) is 6.07. The van der Waals surface area contributed by atoms with Crippen LogP contribution in [0.5, 0.6) is 0 Å². The summed E-state index contributed by atoms with van der Waals surface area (Å²) in [6, 6.07) is 0. The molecule has 3 rings (SSSR count). The quantitative estimate of drug-likeness (QED) is 0.524. The van der Waals surface area contributed by atoms with E-state index in [2.05, 4.69) is 6.58 Å². The normalized spacial score (nSPS) is 44.3. The van der Waals surface area contributed by atoms with Crippen molar-refractivity contribution in [3.63, 3.8) is 0 Å². The molecule has 2 saturated carbocycles. The number of hydrogen-bond acceptors (Lipinski definition) is 3. The first kappa shape index (κ1) is 10.1. The van der Waals surface area contributed by atoms with Gasteiger partial charge in [-0.2, -0.15) is 0 Å². The summed E-state index contributed by atoms with van der Waals surface area (Å²) in [5, 5.41) is 0. The third-order valence-electron chi connectivity index (χ3n) is 4.62. The highest BCUT2D eigenvalue weighted by Gasteiger charge is 2.60. The van der Waals surface area contributed by atoms with Crippen molar-refractivity contribution in [2.45, 2.75) is 19.8 Å². The average Bonchev–Trinajstić information content (AvgIpc) is 2.88. The summed E-state index contributed by atoms with van der Waals surface area (Å²) >= 11 is 0. The second kappa shape index (κ2) is 3.19. The molecule has 0 N–H and O–H groups in total. The van der Waals surface area contributed by atoms with E-state index in [4.69, 9.17) is 4.74 Å². The first-order valence-electron chi connectivity index (χ1n) is 5.96. The highest BCUT2D eigenvalue weighted by molar-refractivity contribution is 5.97. The molecule has 0 aromatic heterocycles. The lowest BCUT2D eigenvalue weighted by molar-refractivity contribution is -0.143. The zero-order chi connectivity index (χ0) is 11.4. The minimum atomic E-state index is -0.0725. The molecule has 0 aromatic rings. The van der Waals surface area contributed by atoms with E-state index in [0.29, 0.717) is 24.0 Å². The molecule has 1 heterocycles. The van der Waals surface area contributed by atoms with E-state index in [1.165, 1.54) is 0 Å². The molecule has 2 aliphatic carbocycles. The van der Waals surface area contributed by atoms with E-state index < -0.39 is 0 Å². The topological polar surface area (TPSA) is 43.4 Å². The van der Waals surface area contributed by atoms with Gasteiger partial charge in [0.2, 0.25) is 0 Å². The Balaban J connectivity index is 1.86. The third-order valence-corrected chi connectivity index (χ3v) is 4.62. The highest BCUT2D eigenvalue weighted by Crippen LogP contribution is 2.58. The van der Waals surface area contributed by atoms with E-state index in [1.807, 2.05) is 0 Å². The number of Topliss-reactive ketones (excluding diaryl/α,β-unsaturated/α-hetero) is 1. The molecule has 86 valence electrons. The maximum Gasteiger partial charge on any atom is 0.309 e. The predicted octanol–water partition coefficient (Wildman–Crippen LogP) is 1.58. The summed E-state index contributed by atoms with van der Waals surface area (Å²) in [5.41, 5.74) is 0.625. The molecule has 16 heavy (non-hydrogen) atoms. The number of carbonyl (C=O) groups excluding carboxylic acids is 2. The standard InChI is InChI=1S/C13H16O3/c1-6(2)12(14)9-4-7-3-8(9)11-10(7)5-16-13(11)15/h7-11H,1,3-5H2,2H3. The molecule has 3 heteroatoms. The zero-order valence-corrected chi connectivity index (χ0v) is 9.44. The smallest absolute Gasteiger partial charge is 0.309 e. The second-order valence-corrected chi connectivity index (χ2v) is 5.47. The first-order chi connectivity index (χ1) is 7.59. The monoisotopic (exact) mass is 220 g/mol. The van der Waals surface area contributed by atoms with Gasteiger partial charge in [0.05, 0.1) is 12.5 Å². The largest absolute Gasteiger partial charge is 0.465 e. The Bertz CT molecular complexity index is 385. The first-order valence-corrected chi connectivity index (χ1v) is 5.96. The Morgan fingerprint density at radius 3 is 2.81 bits per heavy atom. The average molecular weight is 220 g/mol. The predicted molar refractivity (Wildman–Crippen MR) is 57.5 cm³/mol. The van der Waals surface area contributed by atoms with Gasteiger partial charge in [-0.15, -0.1) is 0 Å². The van der Waals surface area contributed by atoms with Crippen molar-refractivity contribution in [3.05, 3.63) is 12.2 Å². The SMILES string of the molecule is C=C(C)C(=O)C1CC2CC1C1C(=O)OCC21. The lowest BCUT2D eigenvalue weighted by atomic mass is 9.73. The molecule has 2 bridgehead atoms. The van der Waals surface area contributed by atoms with Crippen LogP contribution in [0.2, 0.25) is 0 Å². The summed E-state index contributed by atoms with van der Waals surface area (Å²) in [7, 11) is 0. The summed E-state index contributed by atoms with van der Waals surface area (Å²) in [5.74, 6) is 1.28. The maximum atomic E-state index is 12.0. The van der Waals surface area contributed by atoms with Gasteiger partial charge >= 0.3 is 5.97 Å². The Labute approximate surface area is 94.8 Å². The fourth-order valence-corrected chi connectivity index (χ4v) is 3.95. The summed E-state index contributed by atoms with van der Waals surface area (Å²) in [4.78, 5) is 23.6. The fourth-order valence-electron chi connectivity index (χ4n) is 3.95. The Morgan fingerprint density at radius 2 is 2.12 bits per heavy atom. The van der Waals surface area contributed by atoms with Gasteiger partial charge in [0.15, 0.2) is 5.78 Å². The minimum absolute atomic E-state index is 0.00653. The van der Waals surface area contributed by atoms with E-state index in [9.17, 15) is 9.59 Å². The number of fused-ring (bicyclic) bond motifs is 5. The summed E-state index contributed by atoms with van der Waals surface area (Å²) in [6.07, 6.45) is 1.97. The number of cyclic esters (lactones) is 1. The van der Waals surface area contributed by atoms with Crippen LogP contribution >= 0.6 is 0 Å². The van der Waals surface area contributed by atoms with Gasteiger partial charge in [-0.05, 0) is 37.2 Å². The van der Waals surface area contributed by atoms with Crippen LogP contribution in [0.4, 0.5) is 0 Å². The number of esters is 1. The molecule has 5 unspecified atom stereocenters. The minimum Gasteiger partial charge on any atom is -0.465 e. The van der Waals surface area contributed by atoms with Gasteiger partial charge in [0.25, 0.3) is 0 Å². The lowest BCUT2D eigenvalue weighted by Crippen LogP contribution is -2.33.